The molecular weight excluding hydrogens is 324 g/mol. The van der Waals surface area contributed by atoms with Crippen molar-refractivity contribution in [3.8, 4) is 5.75 Å². The number of ether oxygens (including phenoxy) is 1. The molecule has 6 heteroatoms. The fraction of sp³-hybridized carbons (Fsp3) is 0.429. The number of carbonyl (C=O) groups is 2. The van der Waals surface area contributed by atoms with Gasteiger partial charge in [-0.1, -0.05) is 0 Å². The molecule has 1 aliphatic heterocycles. The zero-order valence-corrected chi connectivity index (χ0v) is 12.6. The Bertz CT molecular complexity index is 572. The Hall–Kier alpha value is -1.56. The Kier molecular flexibility index (Phi) is 3.41. The Morgan fingerprint density at radius 2 is 2.10 bits per heavy atom. The first-order valence-corrected chi connectivity index (χ1v) is 7.35. The van der Waals surface area contributed by atoms with E-state index in [1.807, 2.05) is 18.2 Å². The Balaban J connectivity index is 1.73. The molecular formula is C14H15BrN2O3. The van der Waals surface area contributed by atoms with E-state index in [0.29, 0.717) is 0 Å². The molecule has 0 spiro atoms. The average Bonchev–Trinajstić information content (AvgIpc) is 3.19. The number of carbonyl (C=O) groups excluding carboxylic acids is 2. The third kappa shape index (κ3) is 2.40. The molecule has 3 rings (SSSR count). The number of methoxy groups -OCH3 is 1. The average molecular weight is 339 g/mol. The van der Waals surface area contributed by atoms with Gasteiger partial charge in [0, 0.05) is 11.7 Å². The number of amides is 2. The molecule has 1 saturated heterocycles. The van der Waals surface area contributed by atoms with Gasteiger partial charge >= 0.3 is 0 Å². The highest BCUT2D eigenvalue weighted by Crippen LogP contribution is 2.33. The number of hydrogen-bond donors (Lipinski definition) is 1. The van der Waals surface area contributed by atoms with Gasteiger partial charge in [0.1, 0.15) is 11.8 Å². The van der Waals surface area contributed by atoms with E-state index in [2.05, 4.69) is 21.2 Å². The van der Waals surface area contributed by atoms with Crippen LogP contribution in [0.4, 0.5) is 5.69 Å². The molecule has 1 unspecified atom stereocenters. The van der Waals surface area contributed by atoms with Crippen molar-refractivity contribution in [3.63, 3.8) is 0 Å². The van der Waals surface area contributed by atoms with E-state index < -0.39 is 6.04 Å². The summed E-state index contributed by atoms with van der Waals surface area (Å²) in [6, 6.07) is 5.18. The number of benzene rings is 1. The first kappa shape index (κ1) is 13.4. The first-order valence-electron chi connectivity index (χ1n) is 6.56. The van der Waals surface area contributed by atoms with Gasteiger partial charge in [-0.15, -0.1) is 0 Å². The second-order valence-corrected chi connectivity index (χ2v) is 5.94. The van der Waals surface area contributed by atoms with Crippen molar-refractivity contribution in [2.24, 2.45) is 0 Å². The summed E-state index contributed by atoms with van der Waals surface area (Å²) >= 11 is 3.40. The fourth-order valence-electron chi connectivity index (χ4n) is 2.44. The lowest BCUT2D eigenvalue weighted by Crippen LogP contribution is -2.36. The van der Waals surface area contributed by atoms with Crippen molar-refractivity contribution in [1.82, 2.24) is 4.90 Å². The number of nitrogens with one attached hydrogen (secondary N) is 1. The maximum absolute atomic E-state index is 12.2. The summed E-state index contributed by atoms with van der Waals surface area (Å²) in [4.78, 5) is 25.5. The van der Waals surface area contributed by atoms with Gasteiger partial charge in [-0.3, -0.25) is 14.5 Å². The van der Waals surface area contributed by atoms with Crippen molar-refractivity contribution in [2.45, 2.75) is 31.3 Å². The molecule has 1 aromatic carbocycles. The van der Waals surface area contributed by atoms with Gasteiger partial charge < -0.3 is 10.1 Å². The second-order valence-electron chi connectivity index (χ2n) is 5.08. The molecule has 20 heavy (non-hydrogen) atoms. The molecule has 1 N–H and O–H groups in total. The van der Waals surface area contributed by atoms with Crippen LogP contribution >= 0.6 is 15.9 Å². The number of hydrogen-bond acceptors (Lipinski definition) is 4. The van der Waals surface area contributed by atoms with Crippen molar-refractivity contribution in [2.75, 3.05) is 12.4 Å². The standard InChI is InChI=1S/C14H15BrN2O3/c1-20-12-5-2-8(6-10(12)15)16-11-7-13(18)17(14(11)19)9-3-4-9/h2,5-6,9,11,16H,3-4,7H2,1H3. The maximum Gasteiger partial charge on any atom is 0.252 e. The predicted molar refractivity (Wildman–Crippen MR) is 77.6 cm³/mol. The summed E-state index contributed by atoms with van der Waals surface area (Å²) in [6.45, 7) is 0. The quantitative estimate of drug-likeness (QED) is 0.854. The lowest BCUT2D eigenvalue weighted by atomic mass is 10.2. The van der Waals surface area contributed by atoms with E-state index in [4.69, 9.17) is 4.74 Å². The lowest BCUT2D eigenvalue weighted by Gasteiger charge is -2.15. The molecule has 5 nitrogen and oxygen atoms in total. The number of anilines is 1. The summed E-state index contributed by atoms with van der Waals surface area (Å²) < 4.78 is 5.97. The molecule has 1 aliphatic carbocycles. The van der Waals surface area contributed by atoms with Gasteiger partial charge in [0.2, 0.25) is 5.91 Å². The molecule has 2 amide bonds. The molecule has 1 saturated carbocycles. The van der Waals surface area contributed by atoms with Crippen LogP contribution in [0.3, 0.4) is 0 Å². The zero-order valence-electron chi connectivity index (χ0n) is 11.1. The Labute approximate surface area is 125 Å². The highest BCUT2D eigenvalue weighted by atomic mass is 79.9. The third-order valence-corrected chi connectivity index (χ3v) is 4.21. The van der Waals surface area contributed by atoms with Crippen molar-refractivity contribution in [3.05, 3.63) is 22.7 Å². The van der Waals surface area contributed by atoms with Crippen LogP contribution in [0.15, 0.2) is 22.7 Å². The molecule has 1 heterocycles. The molecule has 2 fully saturated rings. The van der Waals surface area contributed by atoms with E-state index in [0.717, 1.165) is 28.8 Å². The fourth-order valence-corrected chi connectivity index (χ4v) is 2.98. The molecule has 1 aromatic rings. The summed E-state index contributed by atoms with van der Waals surface area (Å²) in [7, 11) is 1.60. The van der Waals surface area contributed by atoms with Crippen LogP contribution < -0.4 is 10.1 Å². The van der Waals surface area contributed by atoms with Crippen LogP contribution in [-0.4, -0.2) is 35.9 Å². The van der Waals surface area contributed by atoms with E-state index in [1.165, 1.54) is 4.90 Å². The van der Waals surface area contributed by atoms with Crippen molar-refractivity contribution >= 4 is 33.4 Å². The summed E-state index contributed by atoms with van der Waals surface area (Å²) in [5.41, 5.74) is 0.793. The van der Waals surface area contributed by atoms with Crippen molar-refractivity contribution in [1.29, 1.82) is 0 Å². The largest absolute Gasteiger partial charge is 0.496 e. The van der Waals surface area contributed by atoms with Crippen LogP contribution in [0.1, 0.15) is 19.3 Å². The van der Waals surface area contributed by atoms with Gasteiger partial charge in [0.15, 0.2) is 0 Å². The predicted octanol–water partition coefficient (Wildman–Crippen LogP) is 2.16. The third-order valence-electron chi connectivity index (χ3n) is 3.59. The number of nitrogens with zero attached hydrogens (tertiary/aromatic N) is 1. The van der Waals surface area contributed by atoms with E-state index in [9.17, 15) is 9.59 Å². The molecule has 0 bridgehead atoms. The number of likely N-dealkylation sites (tertiary alicyclic amines) is 1. The van der Waals surface area contributed by atoms with Crippen molar-refractivity contribution < 1.29 is 14.3 Å². The van der Waals surface area contributed by atoms with E-state index in [1.54, 1.807) is 7.11 Å². The summed E-state index contributed by atoms with van der Waals surface area (Å²) in [6.07, 6.45) is 2.12. The summed E-state index contributed by atoms with van der Waals surface area (Å²) in [5.74, 6) is 0.552. The lowest BCUT2D eigenvalue weighted by molar-refractivity contribution is -0.139. The Morgan fingerprint density at radius 3 is 2.70 bits per heavy atom. The number of rotatable bonds is 4. The molecule has 106 valence electrons. The van der Waals surface area contributed by atoms with Gasteiger partial charge in [0.25, 0.3) is 5.91 Å². The van der Waals surface area contributed by atoms with Gasteiger partial charge in [0.05, 0.1) is 18.0 Å². The number of imide groups is 1. The highest BCUT2D eigenvalue weighted by molar-refractivity contribution is 9.10. The molecule has 0 radical (unpaired) electrons. The van der Waals surface area contributed by atoms with Crippen LogP contribution in [0.2, 0.25) is 0 Å². The smallest absolute Gasteiger partial charge is 0.252 e. The summed E-state index contributed by atoms with van der Waals surface area (Å²) in [5, 5.41) is 3.13. The highest BCUT2D eigenvalue weighted by Gasteiger charge is 2.46. The minimum absolute atomic E-state index is 0.0671. The van der Waals surface area contributed by atoms with Crippen LogP contribution in [0.5, 0.6) is 5.75 Å². The van der Waals surface area contributed by atoms with Crippen LogP contribution in [-0.2, 0) is 9.59 Å². The molecule has 0 aromatic heterocycles. The number of halogens is 1. The minimum Gasteiger partial charge on any atom is -0.496 e. The minimum atomic E-state index is -0.455. The van der Waals surface area contributed by atoms with Gasteiger partial charge in [-0.25, -0.2) is 0 Å². The van der Waals surface area contributed by atoms with Gasteiger partial charge in [-0.05, 0) is 47.0 Å². The van der Waals surface area contributed by atoms with Crippen LogP contribution in [0, 0.1) is 0 Å². The van der Waals surface area contributed by atoms with E-state index >= 15 is 0 Å². The maximum atomic E-state index is 12.2. The monoisotopic (exact) mass is 338 g/mol. The second kappa shape index (κ2) is 5.09. The normalized spacial score (nSPS) is 22.3. The molecule has 2 aliphatic rings. The molecule has 1 atom stereocenters. The SMILES string of the molecule is COc1ccc(NC2CC(=O)N(C3CC3)C2=O)cc1Br. The van der Waals surface area contributed by atoms with Gasteiger partial charge in [-0.2, -0.15) is 0 Å². The Morgan fingerprint density at radius 1 is 1.35 bits per heavy atom. The van der Waals surface area contributed by atoms with E-state index in [-0.39, 0.29) is 24.3 Å². The zero-order chi connectivity index (χ0) is 14.3. The topological polar surface area (TPSA) is 58.6 Å². The van der Waals surface area contributed by atoms with Crippen LogP contribution in [0.25, 0.3) is 0 Å². The first-order chi connectivity index (χ1) is 9.60.